The predicted molar refractivity (Wildman–Crippen MR) is 128 cm³/mol. The third-order valence-corrected chi connectivity index (χ3v) is 10.7. The molecule has 9 unspecified atom stereocenters. The van der Waals surface area contributed by atoms with E-state index < -0.39 is 0 Å². The molecule has 0 spiro atoms. The summed E-state index contributed by atoms with van der Waals surface area (Å²) < 4.78 is 0. The van der Waals surface area contributed by atoms with E-state index in [-0.39, 0.29) is 6.10 Å². The fraction of sp³-hybridized carbons (Fsp3) is 0.862. The topological polar surface area (TPSA) is 20.2 Å². The Morgan fingerprint density at radius 1 is 1.00 bits per heavy atom. The molecule has 0 amide bonds. The van der Waals surface area contributed by atoms with E-state index in [1.165, 1.54) is 44.9 Å². The Kier molecular flexibility index (Phi) is 6.35. The van der Waals surface area contributed by atoms with Crippen molar-refractivity contribution in [2.24, 2.45) is 52.3 Å². The minimum atomic E-state index is -0.0847. The van der Waals surface area contributed by atoms with Gasteiger partial charge < -0.3 is 5.11 Å². The molecule has 30 heavy (non-hydrogen) atoms. The van der Waals surface area contributed by atoms with Gasteiger partial charge in [0, 0.05) is 0 Å². The summed E-state index contributed by atoms with van der Waals surface area (Å²) in [6.07, 6.45) is 19.1. The van der Waals surface area contributed by atoms with Crippen molar-refractivity contribution in [3.8, 4) is 0 Å². The Balaban J connectivity index is 1.46. The van der Waals surface area contributed by atoms with Crippen LogP contribution in [0.4, 0.5) is 0 Å². The zero-order chi connectivity index (χ0) is 21.7. The van der Waals surface area contributed by atoms with Gasteiger partial charge in [-0.2, -0.15) is 0 Å². The van der Waals surface area contributed by atoms with Gasteiger partial charge in [0.1, 0.15) is 0 Å². The van der Waals surface area contributed by atoms with E-state index in [4.69, 9.17) is 0 Å². The van der Waals surface area contributed by atoms with Crippen LogP contribution in [0.2, 0.25) is 0 Å². The standard InChI is InChI=1S/C29H48O/c1-19(2)21(4)8-7-20(3)17-22-10-12-26-25-11-9-23-18-24(30)13-15-28(23,5)27(25)14-16-29(22,26)6/h7-9,19-22,24-27,30H,10-18H2,1-6H3/b8-7+. The highest BCUT2D eigenvalue weighted by molar-refractivity contribution is 5.25. The normalized spacial score (nSPS) is 45.6. The summed E-state index contributed by atoms with van der Waals surface area (Å²) in [7, 11) is 0. The first-order valence-corrected chi connectivity index (χ1v) is 13.2. The van der Waals surface area contributed by atoms with E-state index in [0.29, 0.717) is 22.7 Å². The lowest BCUT2D eigenvalue weighted by Crippen LogP contribution is -2.50. The van der Waals surface area contributed by atoms with E-state index in [1.54, 1.807) is 5.57 Å². The van der Waals surface area contributed by atoms with Crippen LogP contribution in [0.5, 0.6) is 0 Å². The molecule has 3 saturated carbocycles. The zero-order valence-corrected chi connectivity index (χ0v) is 20.7. The van der Waals surface area contributed by atoms with Crippen LogP contribution in [0.15, 0.2) is 23.8 Å². The monoisotopic (exact) mass is 412 g/mol. The highest BCUT2D eigenvalue weighted by Crippen LogP contribution is 2.66. The van der Waals surface area contributed by atoms with Gasteiger partial charge in [-0.05, 0) is 110 Å². The average molecular weight is 413 g/mol. The third-order valence-electron chi connectivity index (χ3n) is 10.7. The van der Waals surface area contributed by atoms with Gasteiger partial charge >= 0.3 is 0 Å². The Hall–Kier alpha value is -0.560. The predicted octanol–water partition coefficient (Wildman–Crippen LogP) is 7.80. The fourth-order valence-corrected chi connectivity index (χ4v) is 8.25. The summed E-state index contributed by atoms with van der Waals surface area (Å²) in [5, 5.41) is 10.2. The quantitative estimate of drug-likeness (QED) is 0.457. The lowest BCUT2D eigenvalue weighted by molar-refractivity contribution is -0.0516. The van der Waals surface area contributed by atoms with Gasteiger partial charge in [-0.15, -0.1) is 0 Å². The maximum absolute atomic E-state index is 10.2. The zero-order valence-electron chi connectivity index (χ0n) is 20.7. The summed E-state index contributed by atoms with van der Waals surface area (Å²) in [6, 6.07) is 0. The molecule has 0 bridgehead atoms. The van der Waals surface area contributed by atoms with E-state index in [1.807, 2.05) is 0 Å². The molecular formula is C29H48O. The second-order valence-electron chi connectivity index (χ2n) is 12.7. The minimum Gasteiger partial charge on any atom is -0.393 e. The molecule has 4 rings (SSSR count). The van der Waals surface area contributed by atoms with Crippen LogP contribution in [0.3, 0.4) is 0 Å². The summed E-state index contributed by atoms with van der Waals surface area (Å²) in [5.41, 5.74) is 2.55. The third kappa shape index (κ3) is 3.87. The minimum absolute atomic E-state index is 0.0847. The van der Waals surface area contributed by atoms with E-state index in [0.717, 1.165) is 42.4 Å². The number of allylic oxidation sites excluding steroid dienone is 3. The largest absolute Gasteiger partial charge is 0.393 e. The molecule has 9 atom stereocenters. The molecule has 0 aliphatic heterocycles. The highest BCUT2D eigenvalue weighted by atomic mass is 16.3. The van der Waals surface area contributed by atoms with Crippen molar-refractivity contribution < 1.29 is 5.11 Å². The molecule has 1 heteroatoms. The smallest absolute Gasteiger partial charge is 0.0577 e. The molecule has 0 radical (unpaired) electrons. The Labute approximate surface area is 186 Å². The van der Waals surface area contributed by atoms with Crippen LogP contribution in [-0.2, 0) is 0 Å². The molecule has 3 fully saturated rings. The molecule has 0 aromatic carbocycles. The van der Waals surface area contributed by atoms with Crippen molar-refractivity contribution in [2.45, 2.75) is 105 Å². The van der Waals surface area contributed by atoms with Gasteiger partial charge in [-0.3, -0.25) is 0 Å². The number of rotatable bonds is 5. The van der Waals surface area contributed by atoms with E-state index >= 15 is 0 Å². The van der Waals surface area contributed by atoms with Gasteiger partial charge in [-0.1, -0.05) is 65.3 Å². The first-order chi connectivity index (χ1) is 14.1. The molecule has 0 aromatic heterocycles. The van der Waals surface area contributed by atoms with Crippen LogP contribution in [-0.4, -0.2) is 11.2 Å². The molecular weight excluding hydrogens is 364 g/mol. The first kappa shape index (κ1) is 22.6. The van der Waals surface area contributed by atoms with Crippen molar-refractivity contribution in [2.75, 3.05) is 0 Å². The Morgan fingerprint density at radius 2 is 1.77 bits per heavy atom. The average Bonchev–Trinajstić information content (AvgIpc) is 3.03. The lowest BCUT2D eigenvalue weighted by atomic mass is 9.47. The van der Waals surface area contributed by atoms with Crippen molar-refractivity contribution in [3.05, 3.63) is 23.8 Å². The van der Waals surface area contributed by atoms with Crippen molar-refractivity contribution >= 4 is 0 Å². The number of aliphatic hydroxyl groups is 1. The van der Waals surface area contributed by atoms with Gasteiger partial charge in [0.25, 0.3) is 0 Å². The number of hydrogen-bond donors (Lipinski definition) is 1. The van der Waals surface area contributed by atoms with Crippen molar-refractivity contribution in [3.63, 3.8) is 0 Å². The molecule has 0 saturated heterocycles. The van der Waals surface area contributed by atoms with Crippen LogP contribution < -0.4 is 0 Å². The fourth-order valence-electron chi connectivity index (χ4n) is 8.25. The highest BCUT2D eigenvalue weighted by Gasteiger charge is 2.58. The van der Waals surface area contributed by atoms with Crippen molar-refractivity contribution in [1.82, 2.24) is 0 Å². The van der Waals surface area contributed by atoms with E-state index in [9.17, 15) is 5.11 Å². The Bertz CT molecular complexity index is 674. The maximum Gasteiger partial charge on any atom is 0.0577 e. The van der Waals surface area contributed by atoms with E-state index in [2.05, 4.69) is 59.8 Å². The first-order valence-electron chi connectivity index (χ1n) is 13.2. The molecule has 4 aliphatic carbocycles. The molecule has 4 aliphatic rings. The summed E-state index contributed by atoms with van der Waals surface area (Å²) >= 11 is 0. The summed E-state index contributed by atoms with van der Waals surface area (Å²) in [4.78, 5) is 0. The molecule has 170 valence electrons. The van der Waals surface area contributed by atoms with Crippen LogP contribution in [0.25, 0.3) is 0 Å². The maximum atomic E-state index is 10.2. The molecule has 0 heterocycles. The number of hydrogen-bond acceptors (Lipinski definition) is 1. The summed E-state index contributed by atoms with van der Waals surface area (Å²) in [5.74, 6) is 5.73. The van der Waals surface area contributed by atoms with Gasteiger partial charge in [0.05, 0.1) is 6.10 Å². The second kappa shape index (κ2) is 8.42. The van der Waals surface area contributed by atoms with Crippen LogP contribution in [0.1, 0.15) is 99.3 Å². The van der Waals surface area contributed by atoms with Gasteiger partial charge in [0.2, 0.25) is 0 Å². The number of aliphatic hydroxyl groups excluding tert-OH is 1. The molecule has 0 aromatic rings. The summed E-state index contributed by atoms with van der Waals surface area (Å²) in [6.45, 7) is 14.7. The van der Waals surface area contributed by atoms with Crippen LogP contribution >= 0.6 is 0 Å². The molecule has 1 N–H and O–H groups in total. The Morgan fingerprint density at radius 3 is 2.50 bits per heavy atom. The molecule has 1 nitrogen and oxygen atoms in total. The number of fused-ring (bicyclic) bond motifs is 5. The van der Waals surface area contributed by atoms with Gasteiger partial charge in [-0.25, -0.2) is 0 Å². The van der Waals surface area contributed by atoms with Crippen molar-refractivity contribution in [1.29, 1.82) is 0 Å². The SMILES string of the molecule is CC(/C=C/C(C)C(C)C)CC1CCC2C3CC=C4CC(O)CCC4(C)C3CCC12C. The van der Waals surface area contributed by atoms with Crippen LogP contribution in [0, 0.1) is 52.3 Å². The van der Waals surface area contributed by atoms with Gasteiger partial charge in [0.15, 0.2) is 0 Å². The lowest BCUT2D eigenvalue weighted by Gasteiger charge is -2.58. The second-order valence-corrected chi connectivity index (χ2v) is 12.7.